The lowest BCUT2D eigenvalue weighted by Crippen LogP contribution is -2.20. The van der Waals surface area contributed by atoms with Crippen LogP contribution in [0.15, 0.2) is 43.5 Å². The number of hydrogen-bond acceptors (Lipinski definition) is 0. The molecule has 0 amide bonds. The van der Waals surface area contributed by atoms with E-state index in [2.05, 4.69) is 38.3 Å². The highest BCUT2D eigenvalue weighted by Crippen LogP contribution is 2.10. The normalized spacial score (nSPS) is 10.9. The summed E-state index contributed by atoms with van der Waals surface area (Å²) in [6.45, 7) is 10.0. The van der Waals surface area contributed by atoms with E-state index in [0.717, 1.165) is 12.8 Å². The summed E-state index contributed by atoms with van der Waals surface area (Å²) in [4.78, 5) is 0. The third kappa shape index (κ3) is 4.65. The van der Waals surface area contributed by atoms with Gasteiger partial charge < -0.3 is 0 Å². The standard InChI is InChI=1S/C17H26Si/c1-4-7-8-14-18-17-13-9-12-15(10-5-2)16(17)11-6-3/h5-6,9,12-13H,2-4,7-8,10-11,14,18H2,1H3. The molecule has 1 rings (SSSR count). The summed E-state index contributed by atoms with van der Waals surface area (Å²) in [5, 5.41) is 1.64. The van der Waals surface area contributed by atoms with Crippen LogP contribution in [-0.2, 0) is 12.8 Å². The van der Waals surface area contributed by atoms with Gasteiger partial charge in [-0.05, 0) is 24.0 Å². The van der Waals surface area contributed by atoms with Gasteiger partial charge in [-0.1, -0.05) is 67.8 Å². The van der Waals surface area contributed by atoms with Crippen LogP contribution in [0.25, 0.3) is 0 Å². The fourth-order valence-electron chi connectivity index (χ4n) is 2.42. The summed E-state index contributed by atoms with van der Waals surface area (Å²) in [7, 11) is -0.101. The highest BCUT2D eigenvalue weighted by molar-refractivity contribution is 6.54. The van der Waals surface area contributed by atoms with Crippen molar-refractivity contribution in [3.8, 4) is 0 Å². The molecule has 1 heteroatoms. The lowest BCUT2D eigenvalue weighted by molar-refractivity contribution is 0.769. The van der Waals surface area contributed by atoms with E-state index in [-0.39, 0.29) is 9.52 Å². The van der Waals surface area contributed by atoms with Crippen LogP contribution in [-0.4, -0.2) is 9.52 Å². The first-order chi connectivity index (χ1) is 8.83. The summed E-state index contributed by atoms with van der Waals surface area (Å²) in [6.07, 6.45) is 10.2. The van der Waals surface area contributed by atoms with Crippen LogP contribution < -0.4 is 5.19 Å². The van der Waals surface area contributed by atoms with Crippen LogP contribution in [0.4, 0.5) is 0 Å². The predicted molar refractivity (Wildman–Crippen MR) is 86.8 cm³/mol. The minimum atomic E-state index is -0.101. The monoisotopic (exact) mass is 258 g/mol. The molecule has 0 aliphatic heterocycles. The molecule has 0 radical (unpaired) electrons. The van der Waals surface area contributed by atoms with Gasteiger partial charge in [-0.15, -0.1) is 13.2 Å². The van der Waals surface area contributed by atoms with Crippen molar-refractivity contribution >= 4 is 14.7 Å². The Hall–Kier alpha value is -1.08. The molecule has 0 saturated carbocycles. The van der Waals surface area contributed by atoms with Gasteiger partial charge in [0.15, 0.2) is 0 Å². The Bertz CT molecular complexity index is 379. The van der Waals surface area contributed by atoms with Gasteiger partial charge in [0.05, 0.1) is 9.52 Å². The molecule has 1 aromatic carbocycles. The number of hydrogen-bond donors (Lipinski definition) is 0. The average Bonchev–Trinajstić information content (AvgIpc) is 2.38. The summed E-state index contributed by atoms with van der Waals surface area (Å²) in [6, 6.07) is 8.23. The second kappa shape index (κ2) is 8.93. The first-order valence-electron chi connectivity index (χ1n) is 7.14. The van der Waals surface area contributed by atoms with Crippen molar-refractivity contribution in [1.29, 1.82) is 0 Å². The molecule has 0 N–H and O–H groups in total. The Balaban J connectivity index is 2.77. The molecule has 0 bridgehead atoms. The zero-order valence-corrected chi connectivity index (χ0v) is 13.2. The first kappa shape index (κ1) is 15.0. The Kier molecular flexibility index (Phi) is 7.43. The smallest absolute Gasteiger partial charge is 0.0551 e. The zero-order valence-electron chi connectivity index (χ0n) is 11.8. The largest absolute Gasteiger partial charge is 0.103 e. The second-order valence-electron chi connectivity index (χ2n) is 4.85. The topological polar surface area (TPSA) is 0 Å². The van der Waals surface area contributed by atoms with Gasteiger partial charge >= 0.3 is 0 Å². The maximum atomic E-state index is 3.90. The van der Waals surface area contributed by atoms with Crippen molar-refractivity contribution < 1.29 is 0 Å². The van der Waals surface area contributed by atoms with E-state index in [9.17, 15) is 0 Å². The predicted octanol–water partition coefficient (Wildman–Crippen LogP) is 3.55. The van der Waals surface area contributed by atoms with E-state index in [0.29, 0.717) is 0 Å². The molecule has 0 unspecified atom stereocenters. The molecule has 0 aliphatic rings. The van der Waals surface area contributed by atoms with E-state index < -0.39 is 0 Å². The highest BCUT2D eigenvalue weighted by Gasteiger charge is 2.06. The van der Waals surface area contributed by atoms with Crippen LogP contribution in [0.3, 0.4) is 0 Å². The number of rotatable bonds is 9. The molecule has 1 aromatic rings. The molecule has 0 spiro atoms. The first-order valence-corrected chi connectivity index (χ1v) is 8.85. The summed E-state index contributed by atoms with van der Waals surface area (Å²) in [5.41, 5.74) is 2.99. The second-order valence-corrected chi connectivity index (χ2v) is 6.82. The molecule has 0 aromatic heterocycles. The SMILES string of the molecule is C=CCc1cccc([SiH2]CCCCC)c1CC=C. The Morgan fingerprint density at radius 3 is 2.56 bits per heavy atom. The minimum absolute atomic E-state index is 0.101. The lowest BCUT2D eigenvalue weighted by Gasteiger charge is -2.12. The van der Waals surface area contributed by atoms with E-state index in [1.807, 2.05) is 12.2 Å². The molecular formula is C17H26Si. The van der Waals surface area contributed by atoms with Gasteiger partial charge in [0.2, 0.25) is 0 Å². The molecule has 0 heterocycles. The van der Waals surface area contributed by atoms with Crippen LogP contribution in [0, 0.1) is 0 Å². The van der Waals surface area contributed by atoms with Gasteiger partial charge in [-0.3, -0.25) is 0 Å². The Morgan fingerprint density at radius 2 is 1.89 bits per heavy atom. The molecule has 98 valence electrons. The van der Waals surface area contributed by atoms with Crippen molar-refractivity contribution in [2.24, 2.45) is 0 Å². The zero-order chi connectivity index (χ0) is 13.2. The number of allylic oxidation sites excluding steroid dienone is 2. The van der Waals surface area contributed by atoms with Gasteiger partial charge in [0.1, 0.15) is 0 Å². The van der Waals surface area contributed by atoms with E-state index in [4.69, 9.17) is 0 Å². The molecule has 0 aliphatic carbocycles. The average molecular weight is 258 g/mol. The number of benzene rings is 1. The molecule has 0 atom stereocenters. The molecule has 18 heavy (non-hydrogen) atoms. The molecule has 0 saturated heterocycles. The van der Waals surface area contributed by atoms with Gasteiger partial charge in [0.25, 0.3) is 0 Å². The summed E-state index contributed by atoms with van der Waals surface area (Å²) in [5.74, 6) is 0. The van der Waals surface area contributed by atoms with Crippen molar-refractivity contribution in [2.45, 2.75) is 45.1 Å². The van der Waals surface area contributed by atoms with Crippen LogP contribution in [0.1, 0.15) is 37.3 Å². The van der Waals surface area contributed by atoms with E-state index in [1.54, 1.807) is 5.19 Å². The van der Waals surface area contributed by atoms with Crippen LogP contribution >= 0.6 is 0 Å². The van der Waals surface area contributed by atoms with E-state index >= 15 is 0 Å². The Morgan fingerprint density at radius 1 is 1.11 bits per heavy atom. The quantitative estimate of drug-likeness (QED) is 0.361. The van der Waals surface area contributed by atoms with Gasteiger partial charge in [0, 0.05) is 0 Å². The van der Waals surface area contributed by atoms with Crippen molar-refractivity contribution in [3.63, 3.8) is 0 Å². The molecule has 0 nitrogen and oxygen atoms in total. The fraction of sp³-hybridized carbons (Fsp3) is 0.412. The lowest BCUT2D eigenvalue weighted by atomic mass is 10.0. The van der Waals surface area contributed by atoms with Crippen LogP contribution in [0.2, 0.25) is 6.04 Å². The van der Waals surface area contributed by atoms with Gasteiger partial charge in [-0.2, -0.15) is 0 Å². The third-order valence-electron chi connectivity index (χ3n) is 3.38. The van der Waals surface area contributed by atoms with Gasteiger partial charge in [-0.25, -0.2) is 0 Å². The van der Waals surface area contributed by atoms with Crippen LogP contribution in [0.5, 0.6) is 0 Å². The molecular weight excluding hydrogens is 232 g/mol. The molecule has 0 fully saturated rings. The maximum absolute atomic E-state index is 3.90. The van der Waals surface area contributed by atoms with Crippen molar-refractivity contribution in [2.75, 3.05) is 0 Å². The minimum Gasteiger partial charge on any atom is -0.103 e. The third-order valence-corrected chi connectivity index (χ3v) is 5.44. The fourth-order valence-corrected chi connectivity index (χ4v) is 4.38. The maximum Gasteiger partial charge on any atom is 0.0551 e. The van der Waals surface area contributed by atoms with Crippen molar-refractivity contribution in [3.05, 3.63) is 54.6 Å². The van der Waals surface area contributed by atoms with Crippen molar-refractivity contribution in [1.82, 2.24) is 0 Å². The number of unbranched alkanes of at least 4 members (excludes halogenated alkanes) is 2. The summed E-state index contributed by atoms with van der Waals surface area (Å²) < 4.78 is 0. The highest BCUT2D eigenvalue weighted by atomic mass is 28.2. The Labute approximate surface area is 115 Å². The van der Waals surface area contributed by atoms with E-state index in [1.165, 1.54) is 36.4 Å². The summed E-state index contributed by atoms with van der Waals surface area (Å²) >= 11 is 0.